The van der Waals surface area contributed by atoms with Crippen molar-refractivity contribution in [3.8, 4) is 11.8 Å². The molecule has 2 aromatic carbocycles. The van der Waals surface area contributed by atoms with Crippen molar-refractivity contribution in [3.63, 3.8) is 0 Å². The molecule has 4 heteroatoms. The van der Waals surface area contributed by atoms with Gasteiger partial charge in [-0.25, -0.2) is 0 Å². The lowest BCUT2D eigenvalue weighted by atomic mass is 10.1. The van der Waals surface area contributed by atoms with E-state index in [-0.39, 0.29) is 0 Å². The summed E-state index contributed by atoms with van der Waals surface area (Å²) in [4.78, 5) is 0. The summed E-state index contributed by atoms with van der Waals surface area (Å²) >= 11 is 0. The second kappa shape index (κ2) is 6.48. The smallest absolute Gasteiger partial charge is 0.119 e. The first-order chi connectivity index (χ1) is 9.69. The molecule has 0 amide bonds. The number of nitrogens with one attached hydrogen (secondary N) is 1. The summed E-state index contributed by atoms with van der Waals surface area (Å²) in [5.41, 5.74) is 8.99. The van der Waals surface area contributed by atoms with E-state index in [2.05, 4.69) is 11.4 Å². The molecule has 0 aromatic heterocycles. The molecular weight excluding hydrogens is 250 g/mol. The van der Waals surface area contributed by atoms with Gasteiger partial charge in [-0.05, 0) is 55.0 Å². The Labute approximate surface area is 118 Å². The normalized spacial score (nSPS) is 9.80. The van der Waals surface area contributed by atoms with Gasteiger partial charge >= 0.3 is 0 Å². The molecular formula is C16H17N3O. The van der Waals surface area contributed by atoms with E-state index in [0.29, 0.717) is 18.7 Å². The van der Waals surface area contributed by atoms with Gasteiger partial charge in [-0.15, -0.1) is 0 Å². The van der Waals surface area contributed by atoms with E-state index in [1.54, 1.807) is 0 Å². The molecule has 20 heavy (non-hydrogen) atoms. The molecule has 0 atom stereocenters. The highest BCUT2D eigenvalue weighted by Crippen LogP contribution is 2.15. The standard InChI is InChI=1S/C16H17N3O/c1-12-10-15(5-2-13(12)11-17)19-8-9-20-16-6-3-14(18)4-7-16/h2-7,10,19H,8-9,18H2,1H3. The largest absolute Gasteiger partial charge is 0.492 e. The summed E-state index contributed by atoms with van der Waals surface area (Å²) in [6.45, 7) is 3.17. The lowest BCUT2D eigenvalue weighted by Gasteiger charge is -2.09. The van der Waals surface area contributed by atoms with Crippen LogP contribution in [0.2, 0.25) is 0 Å². The van der Waals surface area contributed by atoms with Crippen molar-refractivity contribution in [2.24, 2.45) is 0 Å². The highest BCUT2D eigenvalue weighted by atomic mass is 16.5. The number of rotatable bonds is 5. The van der Waals surface area contributed by atoms with Gasteiger partial charge in [0.05, 0.1) is 11.6 Å². The highest BCUT2D eigenvalue weighted by Gasteiger charge is 1.99. The van der Waals surface area contributed by atoms with Crippen LogP contribution in [0.1, 0.15) is 11.1 Å². The third-order valence-electron chi connectivity index (χ3n) is 2.93. The Hall–Kier alpha value is -2.67. The topological polar surface area (TPSA) is 71.1 Å². The van der Waals surface area contributed by atoms with E-state index in [1.807, 2.05) is 49.4 Å². The second-order valence-electron chi connectivity index (χ2n) is 4.49. The van der Waals surface area contributed by atoms with Crippen LogP contribution in [0.4, 0.5) is 11.4 Å². The predicted molar refractivity (Wildman–Crippen MR) is 80.7 cm³/mol. The van der Waals surface area contributed by atoms with Gasteiger partial charge in [-0.2, -0.15) is 5.26 Å². The average molecular weight is 267 g/mol. The van der Waals surface area contributed by atoms with Crippen LogP contribution in [-0.2, 0) is 0 Å². The van der Waals surface area contributed by atoms with Crippen LogP contribution in [0.15, 0.2) is 42.5 Å². The van der Waals surface area contributed by atoms with E-state index < -0.39 is 0 Å². The van der Waals surface area contributed by atoms with Gasteiger partial charge in [-0.1, -0.05) is 0 Å². The molecule has 0 bridgehead atoms. The Morgan fingerprint density at radius 1 is 1.20 bits per heavy atom. The maximum atomic E-state index is 8.87. The van der Waals surface area contributed by atoms with Crippen LogP contribution >= 0.6 is 0 Å². The third kappa shape index (κ3) is 3.66. The summed E-state index contributed by atoms with van der Waals surface area (Å²) in [6.07, 6.45) is 0. The zero-order valence-electron chi connectivity index (χ0n) is 11.4. The molecule has 0 aliphatic heterocycles. The van der Waals surface area contributed by atoms with Gasteiger partial charge in [0, 0.05) is 17.9 Å². The van der Waals surface area contributed by atoms with Crippen LogP contribution in [-0.4, -0.2) is 13.2 Å². The van der Waals surface area contributed by atoms with E-state index in [9.17, 15) is 0 Å². The minimum Gasteiger partial charge on any atom is -0.492 e. The fourth-order valence-corrected chi connectivity index (χ4v) is 1.83. The fraction of sp³-hybridized carbons (Fsp3) is 0.188. The predicted octanol–water partition coefficient (Wildman–Crippen LogP) is 2.94. The molecule has 0 fully saturated rings. The van der Waals surface area contributed by atoms with E-state index in [4.69, 9.17) is 15.7 Å². The zero-order chi connectivity index (χ0) is 14.4. The number of hydrogen-bond acceptors (Lipinski definition) is 4. The van der Waals surface area contributed by atoms with E-state index >= 15 is 0 Å². The maximum absolute atomic E-state index is 8.87. The van der Waals surface area contributed by atoms with Crippen molar-refractivity contribution in [3.05, 3.63) is 53.6 Å². The second-order valence-corrected chi connectivity index (χ2v) is 4.49. The minimum absolute atomic E-state index is 0.558. The van der Waals surface area contributed by atoms with E-state index in [1.165, 1.54) is 0 Å². The number of nitrogens with two attached hydrogens (primary N) is 1. The number of nitriles is 1. The van der Waals surface area contributed by atoms with Gasteiger partial charge in [-0.3, -0.25) is 0 Å². The first-order valence-electron chi connectivity index (χ1n) is 6.42. The fourth-order valence-electron chi connectivity index (χ4n) is 1.83. The Bertz CT molecular complexity index is 615. The Balaban J connectivity index is 1.80. The van der Waals surface area contributed by atoms with Gasteiger partial charge < -0.3 is 15.8 Å². The lowest BCUT2D eigenvalue weighted by Crippen LogP contribution is -2.11. The molecule has 0 spiro atoms. The summed E-state index contributed by atoms with van der Waals surface area (Å²) < 4.78 is 5.59. The van der Waals surface area contributed by atoms with Crippen molar-refractivity contribution in [1.29, 1.82) is 5.26 Å². The summed E-state index contributed by atoms with van der Waals surface area (Å²) in [5.74, 6) is 0.803. The van der Waals surface area contributed by atoms with Gasteiger partial charge in [0.15, 0.2) is 0 Å². The quantitative estimate of drug-likeness (QED) is 0.645. The molecule has 3 N–H and O–H groups in total. The molecule has 4 nitrogen and oxygen atoms in total. The maximum Gasteiger partial charge on any atom is 0.119 e. The van der Waals surface area contributed by atoms with Crippen LogP contribution in [0, 0.1) is 18.3 Å². The highest BCUT2D eigenvalue weighted by molar-refractivity contribution is 5.51. The molecule has 0 radical (unpaired) electrons. The number of nitrogens with zero attached hydrogens (tertiary/aromatic N) is 1. The molecule has 0 aliphatic carbocycles. The van der Waals surface area contributed by atoms with Crippen molar-refractivity contribution in [2.45, 2.75) is 6.92 Å². The average Bonchev–Trinajstić information content (AvgIpc) is 2.46. The molecule has 102 valence electrons. The number of benzene rings is 2. The number of ether oxygens (including phenoxy) is 1. The van der Waals surface area contributed by atoms with Crippen molar-refractivity contribution < 1.29 is 4.74 Å². The van der Waals surface area contributed by atoms with Crippen LogP contribution in [0.3, 0.4) is 0 Å². The van der Waals surface area contributed by atoms with Gasteiger partial charge in [0.25, 0.3) is 0 Å². The molecule has 0 unspecified atom stereocenters. The summed E-state index contributed by atoms with van der Waals surface area (Å²) in [7, 11) is 0. The zero-order valence-corrected chi connectivity index (χ0v) is 11.4. The first-order valence-corrected chi connectivity index (χ1v) is 6.42. The van der Waals surface area contributed by atoms with E-state index in [0.717, 1.165) is 22.7 Å². The number of hydrogen-bond donors (Lipinski definition) is 2. The van der Waals surface area contributed by atoms with Crippen LogP contribution in [0.5, 0.6) is 5.75 Å². The Morgan fingerprint density at radius 2 is 1.95 bits per heavy atom. The summed E-state index contributed by atoms with van der Waals surface area (Å²) in [5, 5.41) is 12.1. The summed E-state index contributed by atoms with van der Waals surface area (Å²) in [6, 6.07) is 15.1. The third-order valence-corrected chi connectivity index (χ3v) is 2.93. The molecule has 0 saturated carbocycles. The number of nitrogen functional groups attached to an aromatic ring is 1. The molecule has 0 heterocycles. The van der Waals surface area contributed by atoms with Crippen molar-refractivity contribution in [2.75, 3.05) is 24.2 Å². The lowest BCUT2D eigenvalue weighted by molar-refractivity contribution is 0.333. The van der Waals surface area contributed by atoms with Gasteiger partial charge in [0.1, 0.15) is 12.4 Å². The van der Waals surface area contributed by atoms with Gasteiger partial charge in [0.2, 0.25) is 0 Å². The first kappa shape index (κ1) is 13.8. The molecule has 2 rings (SSSR count). The van der Waals surface area contributed by atoms with Crippen LogP contribution < -0.4 is 15.8 Å². The number of aryl methyl sites for hydroxylation is 1. The van der Waals surface area contributed by atoms with Crippen molar-refractivity contribution in [1.82, 2.24) is 0 Å². The molecule has 0 saturated heterocycles. The minimum atomic E-state index is 0.558. The molecule has 0 aliphatic rings. The monoisotopic (exact) mass is 267 g/mol. The van der Waals surface area contributed by atoms with Crippen molar-refractivity contribution >= 4 is 11.4 Å². The SMILES string of the molecule is Cc1cc(NCCOc2ccc(N)cc2)ccc1C#N. The van der Waals surface area contributed by atoms with Crippen LogP contribution in [0.25, 0.3) is 0 Å². The molecule has 2 aromatic rings. The number of anilines is 2. The Morgan fingerprint density at radius 3 is 2.60 bits per heavy atom. The Kier molecular flexibility index (Phi) is 4.46.